The molecule has 1 aliphatic carbocycles. The minimum absolute atomic E-state index is 0.0989. The van der Waals surface area contributed by atoms with Gasteiger partial charge in [0, 0.05) is 23.9 Å². The van der Waals surface area contributed by atoms with E-state index in [1.54, 1.807) is 18.5 Å². The third-order valence-corrected chi connectivity index (χ3v) is 5.74. The Morgan fingerprint density at radius 1 is 1.15 bits per heavy atom. The van der Waals surface area contributed by atoms with Gasteiger partial charge >= 0.3 is 0 Å². The van der Waals surface area contributed by atoms with E-state index in [1.165, 1.54) is 0 Å². The summed E-state index contributed by atoms with van der Waals surface area (Å²) >= 11 is 12.7. The summed E-state index contributed by atoms with van der Waals surface area (Å²) in [7, 11) is 0. The van der Waals surface area contributed by atoms with Gasteiger partial charge in [-0.05, 0) is 29.5 Å². The highest BCUT2D eigenvalue weighted by Gasteiger charge is 2.39. The van der Waals surface area contributed by atoms with E-state index >= 15 is 0 Å². The molecule has 2 N–H and O–H groups in total. The quantitative estimate of drug-likeness (QED) is 0.667. The van der Waals surface area contributed by atoms with Crippen LogP contribution in [0.3, 0.4) is 0 Å². The monoisotopic (exact) mass is 387 g/mol. The van der Waals surface area contributed by atoms with E-state index in [9.17, 15) is 4.79 Å². The third-order valence-electron chi connectivity index (χ3n) is 4.91. The van der Waals surface area contributed by atoms with Crippen molar-refractivity contribution in [1.82, 2.24) is 4.98 Å². The van der Waals surface area contributed by atoms with E-state index in [0.29, 0.717) is 16.5 Å². The van der Waals surface area contributed by atoms with Crippen molar-refractivity contribution >= 4 is 40.4 Å². The van der Waals surface area contributed by atoms with Gasteiger partial charge in [-0.3, -0.25) is 9.78 Å². The van der Waals surface area contributed by atoms with Crippen LogP contribution in [0.25, 0.3) is 0 Å². The molecule has 1 aliphatic heterocycles. The third kappa shape index (κ3) is 2.97. The Balaban J connectivity index is 1.93. The van der Waals surface area contributed by atoms with Crippen molar-refractivity contribution in [1.29, 1.82) is 0 Å². The van der Waals surface area contributed by atoms with Crippen molar-refractivity contribution in [3.05, 3.63) is 63.5 Å². The Morgan fingerprint density at radius 2 is 1.96 bits per heavy atom. The number of pyridine rings is 1. The van der Waals surface area contributed by atoms with Crippen LogP contribution in [-0.2, 0) is 4.79 Å². The number of benzene rings is 1. The average molecular weight is 388 g/mol. The second kappa shape index (κ2) is 6.29. The normalized spacial score (nSPS) is 21.2. The number of nitrogens with one attached hydrogen (secondary N) is 2. The molecule has 1 atom stereocenters. The Morgan fingerprint density at radius 3 is 2.77 bits per heavy atom. The maximum Gasteiger partial charge on any atom is 0.163 e. The molecule has 2 heterocycles. The van der Waals surface area contributed by atoms with E-state index in [1.807, 2.05) is 18.2 Å². The predicted molar refractivity (Wildman–Crippen MR) is 106 cm³/mol. The minimum Gasteiger partial charge on any atom is -0.372 e. The maximum absolute atomic E-state index is 13.1. The fourth-order valence-electron chi connectivity index (χ4n) is 3.77. The summed E-state index contributed by atoms with van der Waals surface area (Å²) in [6.45, 7) is 4.22. The van der Waals surface area contributed by atoms with Gasteiger partial charge in [-0.2, -0.15) is 0 Å². The minimum atomic E-state index is -0.365. The Kier molecular flexibility index (Phi) is 4.20. The van der Waals surface area contributed by atoms with Gasteiger partial charge in [-0.25, -0.2) is 0 Å². The van der Waals surface area contributed by atoms with Crippen molar-refractivity contribution in [2.45, 2.75) is 32.7 Å². The summed E-state index contributed by atoms with van der Waals surface area (Å²) in [5.41, 5.74) is 4.08. The fourth-order valence-corrected chi connectivity index (χ4v) is 4.18. The summed E-state index contributed by atoms with van der Waals surface area (Å²) in [4.78, 5) is 17.3. The highest BCUT2D eigenvalue weighted by Crippen LogP contribution is 2.46. The van der Waals surface area contributed by atoms with Crippen molar-refractivity contribution in [2.24, 2.45) is 5.41 Å². The standard InChI is InChI=1S/C20H19Cl2N3O/c1-20(2)8-14-17(16(26)9-20)19(11-4-3-5-12(21)18(11)22)25-13-6-7-23-10-15(13)24-14/h3-7,10,19,24-25H,8-9H2,1-2H3. The molecule has 1 aromatic carbocycles. The number of hydrogen-bond acceptors (Lipinski definition) is 4. The Bertz CT molecular complexity index is 936. The number of rotatable bonds is 1. The number of hydrogen-bond donors (Lipinski definition) is 2. The van der Waals surface area contributed by atoms with Gasteiger partial charge in [-0.15, -0.1) is 0 Å². The average Bonchev–Trinajstić information content (AvgIpc) is 2.72. The lowest BCUT2D eigenvalue weighted by molar-refractivity contribution is -0.118. The van der Waals surface area contributed by atoms with E-state index < -0.39 is 0 Å². The summed E-state index contributed by atoms with van der Waals surface area (Å²) in [5.74, 6) is 0.123. The summed E-state index contributed by atoms with van der Waals surface area (Å²) in [5, 5.41) is 7.86. The van der Waals surface area contributed by atoms with E-state index in [0.717, 1.165) is 34.6 Å². The van der Waals surface area contributed by atoms with Gasteiger partial charge in [0.15, 0.2) is 5.78 Å². The van der Waals surface area contributed by atoms with Crippen molar-refractivity contribution in [2.75, 3.05) is 10.6 Å². The number of ketones is 1. The highest BCUT2D eigenvalue weighted by atomic mass is 35.5. The van der Waals surface area contributed by atoms with Crippen molar-refractivity contribution in [3.63, 3.8) is 0 Å². The Labute approximate surface area is 162 Å². The lowest BCUT2D eigenvalue weighted by atomic mass is 9.73. The Hall–Kier alpha value is -2.04. The largest absolute Gasteiger partial charge is 0.372 e. The number of carbonyl (C=O) groups excluding carboxylic acids is 1. The zero-order valence-corrected chi connectivity index (χ0v) is 16.1. The van der Waals surface area contributed by atoms with Gasteiger partial charge in [0.2, 0.25) is 0 Å². The van der Waals surface area contributed by atoms with Gasteiger partial charge in [0.25, 0.3) is 0 Å². The first kappa shape index (κ1) is 17.4. The first-order valence-corrected chi connectivity index (χ1v) is 9.29. The molecule has 4 nitrogen and oxygen atoms in total. The molecule has 134 valence electrons. The second-order valence-electron chi connectivity index (χ2n) is 7.60. The molecule has 6 heteroatoms. The predicted octanol–water partition coefficient (Wildman–Crippen LogP) is 5.61. The molecule has 1 aromatic heterocycles. The first-order valence-electron chi connectivity index (χ1n) is 8.53. The van der Waals surface area contributed by atoms with Crippen molar-refractivity contribution in [3.8, 4) is 0 Å². The first-order chi connectivity index (χ1) is 12.4. The number of aromatic nitrogens is 1. The number of nitrogens with zero attached hydrogens (tertiary/aromatic N) is 1. The molecule has 0 saturated carbocycles. The van der Waals surface area contributed by atoms with Gasteiger partial charge in [0.05, 0.1) is 33.7 Å². The van der Waals surface area contributed by atoms with Gasteiger partial charge < -0.3 is 10.6 Å². The van der Waals surface area contributed by atoms with Crippen LogP contribution in [0.5, 0.6) is 0 Å². The summed E-state index contributed by atoms with van der Waals surface area (Å²) in [6.07, 6.45) is 4.76. The summed E-state index contributed by atoms with van der Waals surface area (Å²) < 4.78 is 0. The van der Waals surface area contributed by atoms with Crippen LogP contribution < -0.4 is 10.6 Å². The molecule has 0 amide bonds. The number of carbonyl (C=O) groups is 1. The van der Waals surface area contributed by atoms with Crippen molar-refractivity contribution < 1.29 is 4.79 Å². The molecule has 0 fully saturated rings. The van der Waals surface area contributed by atoms with Crippen LogP contribution in [0.15, 0.2) is 47.9 Å². The molecular formula is C20H19Cl2N3O. The molecule has 2 aliphatic rings. The molecule has 4 rings (SSSR count). The fraction of sp³-hybridized carbons (Fsp3) is 0.300. The molecule has 1 unspecified atom stereocenters. The van der Waals surface area contributed by atoms with Crippen LogP contribution in [0, 0.1) is 5.41 Å². The second-order valence-corrected chi connectivity index (χ2v) is 8.38. The van der Waals surface area contributed by atoms with Gasteiger partial charge in [0.1, 0.15) is 0 Å². The topological polar surface area (TPSA) is 54.0 Å². The zero-order valence-electron chi connectivity index (χ0n) is 14.6. The smallest absolute Gasteiger partial charge is 0.163 e. The van der Waals surface area contributed by atoms with Crippen LogP contribution in [-0.4, -0.2) is 10.8 Å². The lowest BCUT2D eigenvalue weighted by Gasteiger charge is -2.34. The number of Topliss-reactive ketones (excluding diaryl/α,β-unsaturated/α-hetero) is 1. The van der Waals surface area contributed by atoms with Crippen LogP contribution in [0.2, 0.25) is 10.0 Å². The van der Waals surface area contributed by atoms with E-state index in [2.05, 4.69) is 29.5 Å². The highest BCUT2D eigenvalue weighted by molar-refractivity contribution is 6.42. The zero-order chi connectivity index (χ0) is 18.5. The maximum atomic E-state index is 13.1. The summed E-state index contributed by atoms with van der Waals surface area (Å²) in [6, 6.07) is 7.05. The number of fused-ring (bicyclic) bond motifs is 1. The molecule has 0 saturated heterocycles. The lowest BCUT2D eigenvalue weighted by Crippen LogP contribution is -2.31. The number of anilines is 2. The van der Waals surface area contributed by atoms with E-state index in [4.69, 9.17) is 23.2 Å². The molecule has 0 bridgehead atoms. The number of halogens is 2. The molecule has 0 spiro atoms. The molecule has 0 radical (unpaired) electrons. The van der Waals surface area contributed by atoms with Crippen LogP contribution >= 0.6 is 23.2 Å². The van der Waals surface area contributed by atoms with Crippen LogP contribution in [0.1, 0.15) is 38.3 Å². The number of allylic oxidation sites excluding steroid dienone is 1. The van der Waals surface area contributed by atoms with Gasteiger partial charge in [-0.1, -0.05) is 49.2 Å². The SMILES string of the molecule is CC1(C)CC(=O)C2=C(C1)Nc1cnccc1NC2c1cccc(Cl)c1Cl. The molecular weight excluding hydrogens is 369 g/mol. The van der Waals surface area contributed by atoms with Crippen LogP contribution in [0.4, 0.5) is 11.4 Å². The molecule has 2 aromatic rings. The molecule has 26 heavy (non-hydrogen) atoms. The van der Waals surface area contributed by atoms with E-state index in [-0.39, 0.29) is 17.2 Å².